The largest absolute Gasteiger partial charge is 0.480 e. The molecule has 1 saturated heterocycles. The van der Waals surface area contributed by atoms with E-state index < -0.39 is 45.8 Å². The van der Waals surface area contributed by atoms with E-state index in [2.05, 4.69) is 0 Å². The summed E-state index contributed by atoms with van der Waals surface area (Å²) in [6, 6.07) is 0. The van der Waals surface area contributed by atoms with Crippen molar-refractivity contribution in [3.05, 3.63) is 0 Å². The van der Waals surface area contributed by atoms with E-state index in [0.717, 1.165) is 17.1 Å². The summed E-state index contributed by atoms with van der Waals surface area (Å²) in [6.45, 7) is 3.15. The van der Waals surface area contributed by atoms with Gasteiger partial charge < -0.3 is 26.6 Å². The number of rotatable bonds is 9. The molecule has 0 amide bonds. The third kappa shape index (κ3) is 4.02. The molecule has 1 saturated carbocycles. The van der Waals surface area contributed by atoms with Crippen molar-refractivity contribution >= 4 is 23.3 Å². The quantitative estimate of drug-likeness (QED) is 0.285. The molecule has 0 spiro atoms. The molecule has 0 aromatic heterocycles. The Hall–Kier alpha value is -0.755. The Morgan fingerprint density at radius 1 is 1.33 bits per heavy atom. The number of likely N-dealkylation sites (N-methyl/N-ethyl adjacent to an activating group) is 1. The van der Waals surface area contributed by atoms with Gasteiger partial charge in [-0.05, 0) is 39.4 Å². The van der Waals surface area contributed by atoms with Gasteiger partial charge in [-0.2, -0.15) is 17.0 Å². The second-order valence-corrected chi connectivity index (χ2v) is 10.4. The van der Waals surface area contributed by atoms with Gasteiger partial charge in [0.15, 0.2) is 0 Å². The van der Waals surface area contributed by atoms with E-state index in [-0.39, 0.29) is 25.8 Å². The predicted molar refractivity (Wildman–Crippen MR) is 101 cm³/mol. The summed E-state index contributed by atoms with van der Waals surface area (Å²) in [5, 5.41) is 27.5. The average Bonchev–Trinajstić information content (AvgIpc) is 3.21. The Morgan fingerprint density at radius 3 is 2.33 bits per heavy atom. The van der Waals surface area contributed by atoms with Crippen LogP contribution in [0.3, 0.4) is 0 Å². The summed E-state index contributed by atoms with van der Waals surface area (Å²) in [6.07, 6.45) is 2.13. The van der Waals surface area contributed by atoms with Crippen molar-refractivity contribution in [2.45, 2.75) is 62.5 Å². The van der Waals surface area contributed by atoms with Crippen LogP contribution in [0.25, 0.3) is 0 Å². The minimum absolute atomic E-state index is 0.0371. The number of carbonyl (C=O) groups is 1. The molecule has 12 heteroatoms. The van der Waals surface area contributed by atoms with Crippen LogP contribution in [0.4, 0.5) is 0 Å². The lowest BCUT2D eigenvalue weighted by Crippen LogP contribution is -2.61. The Labute approximate surface area is 160 Å². The van der Waals surface area contributed by atoms with E-state index in [1.165, 1.54) is 11.4 Å². The third-order valence-electron chi connectivity index (χ3n) is 6.47. The van der Waals surface area contributed by atoms with Crippen LogP contribution in [0, 0.1) is 5.92 Å². The standard InChI is InChI=1S/C15H31BN4O6S/c1-13(2,14(17)6-7-14)19(3)27(25,26)20-9-11(5-4-8-16(23)24)15(18,10-20)12(21)22/h11,23-24H,4-10,17-18H2,1-3H3,(H,21,22)/t11-,15-/m0/s1. The molecule has 0 unspecified atom stereocenters. The molecule has 1 aliphatic heterocycles. The minimum Gasteiger partial charge on any atom is -0.480 e. The van der Waals surface area contributed by atoms with Crippen LogP contribution in [-0.4, -0.2) is 82.0 Å². The molecule has 0 radical (unpaired) electrons. The van der Waals surface area contributed by atoms with Crippen molar-refractivity contribution in [3.63, 3.8) is 0 Å². The Morgan fingerprint density at radius 2 is 1.89 bits per heavy atom. The number of carboxylic acid groups (broad SMARTS) is 1. The first kappa shape index (κ1) is 22.5. The zero-order valence-electron chi connectivity index (χ0n) is 16.1. The molecule has 2 fully saturated rings. The molecule has 0 bridgehead atoms. The second-order valence-electron chi connectivity index (χ2n) is 8.44. The first-order valence-electron chi connectivity index (χ1n) is 9.10. The monoisotopic (exact) mass is 406 g/mol. The van der Waals surface area contributed by atoms with Crippen LogP contribution < -0.4 is 11.5 Å². The van der Waals surface area contributed by atoms with E-state index in [1.54, 1.807) is 13.8 Å². The first-order chi connectivity index (χ1) is 12.2. The van der Waals surface area contributed by atoms with E-state index in [9.17, 15) is 18.3 Å². The lowest BCUT2D eigenvalue weighted by atomic mass is 9.78. The number of carboxylic acids is 1. The number of hydrogen-bond acceptors (Lipinski definition) is 7. The van der Waals surface area contributed by atoms with Gasteiger partial charge in [-0.15, -0.1) is 0 Å². The molecular formula is C15H31BN4O6S. The SMILES string of the molecule is CN(C(C)(C)C1(N)CC1)S(=O)(=O)N1C[C@H](CCCB(O)O)[C@](N)(C(=O)O)C1. The molecule has 0 aromatic carbocycles. The number of nitrogens with zero attached hydrogens (tertiary/aromatic N) is 2. The van der Waals surface area contributed by atoms with Gasteiger partial charge in [0.05, 0.1) is 0 Å². The van der Waals surface area contributed by atoms with Gasteiger partial charge in [0.25, 0.3) is 10.2 Å². The van der Waals surface area contributed by atoms with Crippen molar-refractivity contribution in [1.82, 2.24) is 8.61 Å². The van der Waals surface area contributed by atoms with Crippen molar-refractivity contribution in [2.75, 3.05) is 20.1 Å². The fourth-order valence-corrected chi connectivity index (χ4v) is 5.58. The molecule has 2 aliphatic rings. The summed E-state index contributed by atoms with van der Waals surface area (Å²) >= 11 is 0. The maximum atomic E-state index is 13.2. The average molecular weight is 406 g/mol. The summed E-state index contributed by atoms with van der Waals surface area (Å²) in [4.78, 5) is 11.8. The highest BCUT2D eigenvalue weighted by Crippen LogP contribution is 2.46. The zero-order chi connectivity index (χ0) is 20.8. The Bertz CT molecular complexity index is 684. The molecule has 7 N–H and O–H groups in total. The summed E-state index contributed by atoms with van der Waals surface area (Å²) in [5.74, 6) is -1.90. The highest BCUT2D eigenvalue weighted by Gasteiger charge is 2.59. The molecule has 1 aliphatic carbocycles. The summed E-state index contributed by atoms with van der Waals surface area (Å²) in [5.41, 5.74) is 9.19. The molecular weight excluding hydrogens is 375 g/mol. The second kappa shape index (κ2) is 7.25. The van der Waals surface area contributed by atoms with E-state index in [1.807, 2.05) is 0 Å². The Kier molecular flexibility index (Phi) is 6.05. The fourth-order valence-electron chi connectivity index (χ4n) is 3.73. The number of aliphatic carboxylic acids is 1. The van der Waals surface area contributed by atoms with Crippen molar-refractivity contribution in [3.8, 4) is 0 Å². The molecule has 0 aromatic rings. The summed E-state index contributed by atoms with van der Waals surface area (Å²) in [7, 11) is -4.01. The predicted octanol–water partition coefficient (Wildman–Crippen LogP) is -1.60. The third-order valence-corrected chi connectivity index (χ3v) is 8.55. The van der Waals surface area contributed by atoms with Gasteiger partial charge in [-0.25, -0.2) is 0 Å². The van der Waals surface area contributed by atoms with E-state index in [0.29, 0.717) is 6.42 Å². The van der Waals surface area contributed by atoms with Gasteiger partial charge in [0.1, 0.15) is 5.54 Å². The maximum Gasteiger partial charge on any atom is 0.451 e. The highest BCUT2D eigenvalue weighted by atomic mass is 32.2. The van der Waals surface area contributed by atoms with Gasteiger partial charge >= 0.3 is 13.1 Å². The Balaban J connectivity index is 2.21. The molecule has 2 rings (SSSR count). The normalized spacial score (nSPS) is 28.5. The van der Waals surface area contributed by atoms with Gasteiger partial charge in [-0.3, -0.25) is 4.79 Å². The molecule has 2 atom stereocenters. The van der Waals surface area contributed by atoms with E-state index >= 15 is 0 Å². The minimum atomic E-state index is -3.97. The maximum absolute atomic E-state index is 13.2. The van der Waals surface area contributed by atoms with E-state index in [4.69, 9.17) is 21.5 Å². The van der Waals surface area contributed by atoms with Crippen molar-refractivity contribution in [1.29, 1.82) is 0 Å². The highest BCUT2D eigenvalue weighted by molar-refractivity contribution is 7.86. The number of hydrogen-bond donors (Lipinski definition) is 5. The van der Waals surface area contributed by atoms with Crippen LogP contribution in [0.15, 0.2) is 0 Å². The van der Waals surface area contributed by atoms with Crippen LogP contribution in [0.2, 0.25) is 6.32 Å². The lowest BCUT2D eigenvalue weighted by Gasteiger charge is -2.41. The number of nitrogens with two attached hydrogens (primary N) is 2. The van der Waals surface area contributed by atoms with Crippen LogP contribution >= 0.6 is 0 Å². The molecule has 27 heavy (non-hydrogen) atoms. The van der Waals surface area contributed by atoms with Crippen LogP contribution in [-0.2, 0) is 15.0 Å². The lowest BCUT2D eigenvalue weighted by molar-refractivity contribution is -0.144. The van der Waals surface area contributed by atoms with Crippen LogP contribution in [0.1, 0.15) is 39.5 Å². The van der Waals surface area contributed by atoms with Crippen LogP contribution in [0.5, 0.6) is 0 Å². The van der Waals surface area contributed by atoms with Crippen molar-refractivity contribution < 1.29 is 28.4 Å². The smallest absolute Gasteiger partial charge is 0.451 e. The summed E-state index contributed by atoms with van der Waals surface area (Å²) < 4.78 is 28.6. The van der Waals surface area contributed by atoms with Gasteiger partial charge in [0, 0.05) is 37.1 Å². The zero-order valence-corrected chi connectivity index (χ0v) is 16.9. The van der Waals surface area contributed by atoms with Gasteiger partial charge in [0.2, 0.25) is 0 Å². The molecule has 10 nitrogen and oxygen atoms in total. The molecule has 156 valence electrons. The first-order valence-corrected chi connectivity index (χ1v) is 10.5. The topological polar surface area (TPSA) is 170 Å². The molecule has 1 heterocycles. The van der Waals surface area contributed by atoms with Gasteiger partial charge in [-0.1, -0.05) is 6.42 Å². The fraction of sp³-hybridized carbons (Fsp3) is 0.933. The van der Waals surface area contributed by atoms with Crippen molar-refractivity contribution in [2.24, 2.45) is 17.4 Å².